The van der Waals surface area contributed by atoms with Gasteiger partial charge in [-0.25, -0.2) is 0 Å². The molecule has 0 amide bonds. The molecule has 66 valence electrons. The summed E-state index contributed by atoms with van der Waals surface area (Å²) < 4.78 is 35.5. The molecule has 0 atom stereocenters. The summed E-state index contributed by atoms with van der Waals surface area (Å²) in [5, 5.41) is 0. The lowest BCUT2D eigenvalue weighted by molar-refractivity contribution is -0.106. The van der Waals surface area contributed by atoms with Crippen LogP contribution in [0.1, 0.15) is 0 Å². The number of alkyl halides is 3. The van der Waals surface area contributed by atoms with Gasteiger partial charge in [0.25, 0.3) is 0 Å². The van der Waals surface area contributed by atoms with Crippen LogP contribution in [0.25, 0.3) is 0 Å². The van der Waals surface area contributed by atoms with E-state index in [1.165, 1.54) is 0 Å². The second-order valence-electron chi connectivity index (χ2n) is 2.17. The van der Waals surface area contributed by atoms with Crippen molar-refractivity contribution in [1.29, 1.82) is 0 Å². The molecule has 0 aromatic rings. The maximum absolute atomic E-state index is 11.8. The zero-order valence-corrected chi connectivity index (χ0v) is 7.25. The van der Waals surface area contributed by atoms with Crippen LogP contribution >= 0.6 is 7.92 Å². The molecule has 0 saturated heterocycles. The minimum Gasteiger partial charge on any atom is -0.171 e. The number of hydrogen-bond donors (Lipinski definition) is 0. The molecule has 0 saturated carbocycles. The van der Waals surface area contributed by atoms with Crippen molar-refractivity contribution in [1.82, 2.24) is 0 Å². The van der Waals surface area contributed by atoms with E-state index in [1.807, 2.05) is 0 Å². The molecule has 0 N–H and O–H groups in total. The highest BCUT2D eigenvalue weighted by Gasteiger charge is 2.30. The molecule has 4 heteroatoms. The van der Waals surface area contributed by atoms with Gasteiger partial charge in [0.1, 0.15) is 0 Å². The first-order chi connectivity index (χ1) is 5.49. The van der Waals surface area contributed by atoms with Gasteiger partial charge in [-0.05, 0) is 0 Å². The van der Waals surface area contributed by atoms with Crippen LogP contribution in [0.3, 0.4) is 0 Å². The van der Waals surface area contributed by atoms with Gasteiger partial charge >= 0.3 is 6.18 Å². The lowest BCUT2D eigenvalue weighted by Crippen LogP contribution is -2.14. The first-order valence-electron chi connectivity index (χ1n) is 3.15. The van der Waals surface area contributed by atoms with E-state index >= 15 is 0 Å². The highest BCUT2D eigenvalue weighted by Crippen LogP contribution is 2.40. The Morgan fingerprint density at radius 3 is 1.75 bits per heavy atom. The standard InChI is InChI=1S/C8H8F3P/c1-3-5-12(6-4-2)7-8(9,10)11/h1-2H,5-7H2. The predicted molar refractivity (Wildman–Crippen MR) is 45.2 cm³/mol. The van der Waals surface area contributed by atoms with Crippen molar-refractivity contribution in [3.05, 3.63) is 0 Å². The summed E-state index contributed by atoms with van der Waals surface area (Å²) >= 11 is 0. The van der Waals surface area contributed by atoms with Gasteiger partial charge in [0, 0.05) is 12.3 Å². The lowest BCUT2D eigenvalue weighted by atomic mass is 10.8. The number of halogens is 3. The molecule has 0 aromatic carbocycles. The fourth-order valence-corrected chi connectivity index (χ4v) is 2.04. The third-order valence-corrected chi connectivity index (χ3v) is 3.10. The summed E-state index contributed by atoms with van der Waals surface area (Å²) in [6, 6.07) is 0. The van der Waals surface area contributed by atoms with Gasteiger partial charge in [-0.1, -0.05) is 7.92 Å². The Morgan fingerprint density at radius 1 is 1.08 bits per heavy atom. The zero-order chi connectivity index (χ0) is 9.61. The second kappa shape index (κ2) is 5.07. The monoisotopic (exact) mass is 192 g/mol. The predicted octanol–water partition coefficient (Wildman–Crippen LogP) is 2.30. The molecule has 0 spiro atoms. The molecule has 0 fully saturated rings. The molecule has 0 aliphatic carbocycles. The quantitative estimate of drug-likeness (QED) is 0.475. The van der Waals surface area contributed by atoms with Gasteiger partial charge in [-0.15, -0.1) is 24.7 Å². The Balaban J connectivity index is 3.99. The highest BCUT2D eigenvalue weighted by molar-refractivity contribution is 7.58. The summed E-state index contributed by atoms with van der Waals surface area (Å²) in [4.78, 5) is 0. The van der Waals surface area contributed by atoms with Crippen molar-refractivity contribution in [2.24, 2.45) is 0 Å². The molecule has 0 aliphatic rings. The van der Waals surface area contributed by atoms with Crippen LogP contribution < -0.4 is 0 Å². The van der Waals surface area contributed by atoms with Gasteiger partial charge in [0.05, 0.1) is 6.16 Å². The SMILES string of the molecule is C#CCP(CC#C)CC(F)(F)F. The van der Waals surface area contributed by atoms with Crippen molar-refractivity contribution >= 4 is 7.92 Å². The highest BCUT2D eigenvalue weighted by atomic mass is 31.1. The normalized spacial score (nSPS) is 10.8. The average molecular weight is 192 g/mol. The topological polar surface area (TPSA) is 0 Å². The van der Waals surface area contributed by atoms with E-state index in [0.29, 0.717) is 0 Å². The average Bonchev–Trinajstić information content (AvgIpc) is 1.84. The van der Waals surface area contributed by atoms with E-state index in [-0.39, 0.29) is 12.3 Å². The zero-order valence-electron chi connectivity index (χ0n) is 6.36. The Hall–Kier alpha value is -0.660. The summed E-state index contributed by atoms with van der Waals surface area (Å²) in [6.45, 7) is 0. The van der Waals surface area contributed by atoms with Gasteiger partial charge in [-0.2, -0.15) is 13.2 Å². The van der Waals surface area contributed by atoms with Gasteiger partial charge < -0.3 is 0 Å². The number of terminal acetylenes is 2. The van der Waals surface area contributed by atoms with Crippen LogP contribution in [-0.2, 0) is 0 Å². The molecular weight excluding hydrogens is 184 g/mol. The van der Waals surface area contributed by atoms with Gasteiger partial charge in [0.2, 0.25) is 0 Å². The molecule has 0 aliphatic heterocycles. The van der Waals surface area contributed by atoms with Gasteiger partial charge in [-0.3, -0.25) is 0 Å². The Labute approximate surface area is 71.3 Å². The van der Waals surface area contributed by atoms with E-state index in [4.69, 9.17) is 12.8 Å². The Kier molecular flexibility index (Phi) is 4.79. The summed E-state index contributed by atoms with van der Waals surface area (Å²) in [7, 11) is -1.25. The maximum Gasteiger partial charge on any atom is 0.392 e. The summed E-state index contributed by atoms with van der Waals surface area (Å²) in [6.07, 6.45) is 5.16. The molecule has 0 aromatic heterocycles. The van der Waals surface area contributed by atoms with E-state index in [9.17, 15) is 13.2 Å². The fraction of sp³-hybridized carbons (Fsp3) is 0.500. The van der Waals surface area contributed by atoms with Crippen molar-refractivity contribution in [2.75, 3.05) is 18.5 Å². The minimum absolute atomic E-state index is 0.152. The maximum atomic E-state index is 11.8. The first kappa shape index (κ1) is 11.3. The third kappa shape index (κ3) is 6.08. The molecule has 0 rings (SSSR count). The minimum atomic E-state index is -4.14. The van der Waals surface area contributed by atoms with Crippen molar-refractivity contribution < 1.29 is 13.2 Å². The van der Waals surface area contributed by atoms with Crippen molar-refractivity contribution in [3.8, 4) is 24.7 Å². The molecule has 0 unspecified atom stereocenters. The third-order valence-electron chi connectivity index (χ3n) is 1.03. The second-order valence-corrected chi connectivity index (χ2v) is 4.46. The van der Waals surface area contributed by atoms with Crippen LogP contribution in [0.15, 0.2) is 0 Å². The van der Waals surface area contributed by atoms with Crippen LogP contribution in [0, 0.1) is 24.7 Å². The molecule has 0 bridgehead atoms. The van der Waals surface area contributed by atoms with Crippen molar-refractivity contribution in [2.45, 2.75) is 6.18 Å². The van der Waals surface area contributed by atoms with Crippen LogP contribution in [0.2, 0.25) is 0 Å². The van der Waals surface area contributed by atoms with E-state index in [2.05, 4.69) is 11.8 Å². The lowest BCUT2D eigenvalue weighted by Gasteiger charge is -2.13. The summed E-state index contributed by atoms with van der Waals surface area (Å²) in [5.41, 5.74) is 0. The fourth-order valence-electron chi connectivity index (χ4n) is 0.679. The van der Waals surface area contributed by atoms with Crippen LogP contribution in [0.4, 0.5) is 13.2 Å². The summed E-state index contributed by atoms with van der Waals surface area (Å²) in [5.74, 6) is 4.42. The number of rotatable bonds is 3. The molecule has 0 radical (unpaired) electrons. The van der Waals surface area contributed by atoms with Gasteiger partial charge in [0.15, 0.2) is 0 Å². The number of hydrogen-bond acceptors (Lipinski definition) is 0. The largest absolute Gasteiger partial charge is 0.392 e. The van der Waals surface area contributed by atoms with E-state index in [1.54, 1.807) is 0 Å². The van der Waals surface area contributed by atoms with Crippen LogP contribution in [0.5, 0.6) is 0 Å². The molecular formula is C8H8F3P. The van der Waals surface area contributed by atoms with Crippen molar-refractivity contribution in [3.63, 3.8) is 0 Å². The first-order valence-corrected chi connectivity index (χ1v) is 5.05. The van der Waals surface area contributed by atoms with E-state index < -0.39 is 20.3 Å². The van der Waals surface area contributed by atoms with Crippen LogP contribution in [-0.4, -0.2) is 24.7 Å². The molecule has 0 heterocycles. The Bertz CT molecular complexity index is 190. The smallest absolute Gasteiger partial charge is 0.171 e. The molecule has 12 heavy (non-hydrogen) atoms. The Morgan fingerprint density at radius 2 is 1.50 bits per heavy atom. The molecule has 0 nitrogen and oxygen atoms in total. The van der Waals surface area contributed by atoms with E-state index in [0.717, 1.165) is 0 Å².